The maximum Gasteiger partial charge on any atom is 0.411 e. The molecule has 33 heavy (non-hydrogen) atoms. The summed E-state index contributed by atoms with van der Waals surface area (Å²) in [4.78, 5) is 25.4. The number of carboxylic acid groups (broad SMARTS) is 1. The summed E-state index contributed by atoms with van der Waals surface area (Å²) in [6.07, 6.45) is -1.01. The van der Waals surface area contributed by atoms with Crippen molar-refractivity contribution in [2.45, 2.75) is 32.0 Å². The SMILES string of the molecule is [B]c1ccc(Oc2ccc(Cl)c(CC(=O)O)c2)c(CN2C(=O)O[C@H](c3ccccc3)[C@@H]2C)c1. The van der Waals surface area contributed by atoms with E-state index in [-0.39, 0.29) is 25.1 Å². The predicted octanol–water partition coefficient (Wildman–Crippen LogP) is 4.64. The van der Waals surface area contributed by atoms with Crippen molar-refractivity contribution in [2.75, 3.05) is 0 Å². The van der Waals surface area contributed by atoms with Crippen LogP contribution in [0, 0.1) is 0 Å². The fourth-order valence-electron chi connectivity index (χ4n) is 3.85. The number of aliphatic carboxylic acids is 1. The lowest BCUT2D eigenvalue weighted by atomic mass is 9.93. The smallest absolute Gasteiger partial charge is 0.411 e. The molecule has 3 aromatic carbocycles. The number of carboxylic acids is 1. The minimum absolute atomic E-state index is 0.202. The average Bonchev–Trinajstić information content (AvgIpc) is 3.06. The molecule has 0 saturated carbocycles. The summed E-state index contributed by atoms with van der Waals surface area (Å²) in [5.74, 6) is -0.0615. The van der Waals surface area contributed by atoms with Crippen molar-refractivity contribution < 1.29 is 24.2 Å². The van der Waals surface area contributed by atoms with Crippen molar-refractivity contribution in [2.24, 2.45) is 0 Å². The van der Waals surface area contributed by atoms with Crippen LogP contribution < -0.4 is 10.2 Å². The Labute approximate surface area is 198 Å². The Balaban J connectivity index is 1.58. The summed E-state index contributed by atoms with van der Waals surface area (Å²) < 4.78 is 11.7. The number of cyclic esters (lactones) is 1. The standard InChI is InChI=1S/C25H21BClNO5/c1-15-24(16-5-3-2-4-6-16)33-25(31)28(15)14-18-11-19(26)7-10-22(18)32-20-8-9-21(27)17(12-20)13-23(29)30/h2-12,15,24H,13-14H2,1H3,(H,29,30)/t15-,24-/m0/s1. The molecule has 8 heteroatoms. The second kappa shape index (κ2) is 9.59. The molecule has 166 valence electrons. The Morgan fingerprint density at radius 1 is 1.12 bits per heavy atom. The molecule has 4 rings (SSSR count). The van der Waals surface area contributed by atoms with Gasteiger partial charge in [-0.25, -0.2) is 4.79 Å². The molecule has 0 spiro atoms. The van der Waals surface area contributed by atoms with E-state index < -0.39 is 12.1 Å². The molecule has 2 atom stereocenters. The van der Waals surface area contributed by atoms with Crippen LogP contribution >= 0.6 is 11.6 Å². The molecule has 1 aliphatic rings. The first kappa shape index (κ1) is 22.7. The van der Waals surface area contributed by atoms with Crippen LogP contribution in [0.3, 0.4) is 0 Å². The third kappa shape index (κ3) is 5.15. The van der Waals surface area contributed by atoms with E-state index in [2.05, 4.69) is 0 Å². The van der Waals surface area contributed by atoms with E-state index in [1.165, 1.54) is 0 Å². The van der Waals surface area contributed by atoms with Crippen LogP contribution in [0.5, 0.6) is 11.5 Å². The van der Waals surface area contributed by atoms with Crippen molar-refractivity contribution in [3.63, 3.8) is 0 Å². The third-order valence-electron chi connectivity index (χ3n) is 5.53. The molecule has 3 aromatic rings. The highest BCUT2D eigenvalue weighted by Crippen LogP contribution is 2.35. The van der Waals surface area contributed by atoms with Crippen LogP contribution in [-0.4, -0.2) is 36.0 Å². The molecule has 0 bridgehead atoms. The van der Waals surface area contributed by atoms with Gasteiger partial charge < -0.3 is 14.6 Å². The lowest BCUT2D eigenvalue weighted by Crippen LogP contribution is -2.31. The number of hydrogen-bond donors (Lipinski definition) is 1. The van der Waals surface area contributed by atoms with Gasteiger partial charge in [-0.2, -0.15) is 0 Å². The highest BCUT2D eigenvalue weighted by Gasteiger charge is 2.39. The average molecular weight is 462 g/mol. The van der Waals surface area contributed by atoms with Gasteiger partial charge in [-0.15, -0.1) is 0 Å². The molecular formula is C25H21BClNO5. The minimum atomic E-state index is -0.989. The molecule has 2 radical (unpaired) electrons. The first-order valence-electron chi connectivity index (χ1n) is 10.4. The number of halogens is 1. The van der Waals surface area contributed by atoms with Crippen LogP contribution in [0.25, 0.3) is 0 Å². The summed E-state index contributed by atoms with van der Waals surface area (Å²) in [6.45, 7) is 2.17. The highest BCUT2D eigenvalue weighted by atomic mass is 35.5. The van der Waals surface area contributed by atoms with Gasteiger partial charge in [0.25, 0.3) is 0 Å². The molecule has 1 amide bonds. The van der Waals surface area contributed by atoms with E-state index in [4.69, 9.17) is 34.0 Å². The van der Waals surface area contributed by atoms with Crippen LogP contribution in [-0.2, 0) is 22.5 Å². The van der Waals surface area contributed by atoms with Gasteiger partial charge in [-0.3, -0.25) is 9.69 Å². The maximum atomic E-state index is 12.7. The zero-order chi connectivity index (χ0) is 23.5. The molecule has 1 heterocycles. The fraction of sp³-hybridized carbons (Fsp3) is 0.200. The Bertz CT molecular complexity index is 1190. The second-order valence-corrected chi connectivity index (χ2v) is 8.28. The van der Waals surface area contributed by atoms with E-state index >= 15 is 0 Å². The predicted molar refractivity (Wildman–Crippen MR) is 125 cm³/mol. The molecule has 0 unspecified atom stereocenters. The fourth-order valence-corrected chi connectivity index (χ4v) is 4.03. The number of benzene rings is 3. The number of hydrogen-bond acceptors (Lipinski definition) is 4. The first-order valence-corrected chi connectivity index (χ1v) is 10.8. The van der Waals surface area contributed by atoms with Crippen molar-refractivity contribution in [3.05, 3.63) is 88.4 Å². The van der Waals surface area contributed by atoms with Gasteiger partial charge in [0, 0.05) is 10.6 Å². The molecule has 0 aromatic heterocycles. The van der Waals surface area contributed by atoms with E-state index in [0.29, 0.717) is 33.1 Å². The van der Waals surface area contributed by atoms with Crippen molar-refractivity contribution in [1.29, 1.82) is 0 Å². The van der Waals surface area contributed by atoms with E-state index in [0.717, 1.165) is 5.56 Å². The zero-order valence-corrected chi connectivity index (χ0v) is 18.7. The third-order valence-corrected chi connectivity index (χ3v) is 5.90. The van der Waals surface area contributed by atoms with Crippen LogP contribution in [0.15, 0.2) is 66.7 Å². The van der Waals surface area contributed by atoms with Crippen LogP contribution in [0.2, 0.25) is 5.02 Å². The van der Waals surface area contributed by atoms with Crippen LogP contribution in [0.4, 0.5) is 4.79 Å². The Hall–Kier alpha value is -3.45. The monoisotopic (exact) mass is 461 g/mol. The number of ether oxygens (including phenoxy) is 2. The zero-order valence-electron chi connectivity index (χ0n) is 17.9. The lowest BCUT2D eigenvalue weighted by Gasteiger charge is -2.22. The lowest BCUT2D eigenvalue weighted by molar-refractivity contribution is -0.136. The van der Waals surface area contributed by atoms with E-state index in [1.54, 1.807) is 41.3 Å². The largest absolute Gasteiger partial charge is 0.481 e. The Kier molecular flexibility index (Phi) is 6.61. The van der Waals surface area contributed by atoms with E-state index in [9.17, 15) is 9.59 Å². The Morgan fingerprint density at radius 2 is 1.88 bits per heavy atom. The normalized spacial score (nSPS) is 17.6. The molecular weight excluding hydrogens is 441 g/mol. The number of nitrogens with zero attached hydrogens (tertiary/aromatic N) is 1. The number of amides is 1. The molecule has 1 N–H and O–H groups in total. The summed E-state index contributed by atoms with van der Waals surface area (Å²) in [7, 11) is 6.01. The number of carbonyl (C=O) groups excluding carboxylic acids is 1. The molecule has 1 fully saturated rings. The summed E-state index contributed by atoms with van der Waals surface area (Å²) in [6, 6.07) is 19.4. The van der Waals surface area contributed by atoms with Gasteiger partial charge in [-0.1, -0.05) is 59.5 Å². The summed E-state index contributed by atoms with van der Waals surface area (Å²) in [5, 5.41) is 9.45. The topological polar surface area (TPSA) is 76.1 Å². The van der Waals surface area contributed by atoms with Gasteiger partial charge in [0.1, 0.15) is 25.4 Å². The molecule has 6 nitrogen and oxygen atoms in total. The number of carbonyl (C=O) groups is 2. The second-order valence-electron chi connectivity index (χ2n) is 7.88. The summed E-state index contributed by atoms with van der Waals surface area (Å²) >= 11 is 6.11. The van der Waals surface area contributed by atoms with Gasteiger partial charge in [-0.05, 0) is 42.3 Å². The molecule has 1 saturated heterocycles. The maximum absolute atomic E-state index is 12.7. The van der Waals surface area contributed by atoms with Crippen molar-refractivity contribution in [3.8, 4) is 11.5 Å². The number of rotatable bonds is 7. The van der Waals surface area contributed by atoms with Gasteiger partial charge in [0.05, 0.1) is 19.0 Å². The molecule has 1 aliphatic heterocycles. The van der Waals surface area contributed by atoms with Crippen LogP contribution in [0.1, 0.15) is 29.7 Å². The van der Waals surface area contributed by atoms with Gasteiger partial charge in [0.15, 0.2) is 0 Å². The van der Waals surface area contributed by atoms with Crippen molar-refractivity contribution >= 4 is 37.0 Å². The highest BCUT2D eigenvalue weighted by molar-refractivity contribution is 6.32. The first-order chi connectivity index (χ1) is 15.8. The Morgan fingerprint density at radius 3 is 2.61 bits per heavy atom. The van der Waals surface area contributed by atoms with Gasteiger partial charge >= 0.3 is 12.1 Å². The molecule has 0 aliphatic carbocycles. The van der Waals surface area contributed by atoms with Crippen molar-refractivity contribution in [1.82, 2.24) is 4.90 Å². The minimum Gasteiger partial charge on any atom is -0.481 e. The van der Waals surface area contributed by atoms with E-state index in [1.807, 2.05) is 37.3 Å². The van der Waals surface area contributed by atoms with Gasteiger partial charge in [0.2, 0.25) is 0 Å². The summed E-state index contributed by atoms with van der Waals surface area (Å²) in [5.41, 5.74) is 2.60. The quantitative estimate of drug-likeness (QED) is 0.519.